The zero-order chi connectivity index (χ0) is 13.9. The molecule has 1 aliphatic carbocycles. The minimum atomic E-state index is 0.196. The Hall–Kier alpha value is -1.75. The van der Waals surface area contributed by atoms with E-state index in [-0.39, 0.29) is 6.04 Å². The van der Waals surface area contributed by atoms with Crippen molar-refractivity contribution in [2.24, 2.45) is 4.99 Å². The Morgan fingerprint density at radius 2 is 2.40 bits per heavy atom. The number of rotatable bonds is 3. The molecule has 20 heavy (non-hydrogen) atoms. The number of hydrogen-bond acceptors (Lipinski definition) is 2. The van der Waals surface area contributed by atoms with Crippen molar-refractivity contribution in [2.75, 3.05) is 6.54 Å². The van der Waals surface area contributed by atoms with E-state index in [1.54, 1.807) is 6.33 Å². The van der Waals surface area contributed by atoms with Crippen LogP contribution in [0.25, 0.3) is 0 Å². The average Bonchev–Trinajstić information content (AvgIpc) is 2.91. The summed E-state index contributed by atoms with van der Waals surface area (Å²) in [6, 6.07) is 0.196. The van der Waals surface area contributed by atoms with E-state index in [4.69, 9.17) is 11.6 Å². The van der Waals surface area contributed by atoms with Crippen LogP contribution in [0.1, 0.15) is 25.5 Å². The summed E-state index contributed by atoms with van der Waals surface area (Å²) in [7, 11) is 0. The molecule has 1 aliphatic heterocycles. The molecule has 0 radical (unpaired) electrons. The molecule has 1 atom stereocenters. The number of nitrogens with one attached hydrogen (secondary N) is 3. The van der Waals surface area contributed by atoms with Crippen LogP contribution in [-0.4, -0.2) is 28.5 Å². The number of halogens is 1. The highest BCUT2D eigenvalue weighted by Crippen LogP contribution is 2.30. The Morgan fingerprint density at radius 1 is 1.50 bits per heavy atom. The summed E-state index contributed by atoms with van der Waals surface area (Å²) in [6.07, 6.45) is 8.48. The van der Waals surface area contributed by atoms with E-state index in [9.17, 15) is 0 Å². The second kappa shape index (κ2) is 5.71. The van der Waals surface area contributed by atoms with Gasteiger partial charge >= 0.3 is 0 Å². The van der Waals surface area contributed by atoms with Gasteiger partial charge in [-0.15, -0.1) is 0 Å². The molecule has 6 heteroatoms. The third-order valence-electron chi connectivity index (χ3n) is 3.54. The van der Waals surface area contributed by atoms with Gasteiger partial charge in [0.05, 0.1) is 12.4 Å². The Kier molecular flexibility index (Phi) is 3.78. The quantitative estimate of drug-likeness (QED) is 0.799. The van der Waals surface area contributed by atoms with E-state index in [0.717, 1.165) is 41.6 Å². The maximum atomic E-state index is 6.31. The van der Waals surface area contributed by atoms with Gasteiger partial charge in [-0.3, -0.25) is 4.99 Å². The highest BCUT2D eigenvalue weighted by molar-refractivity contribution is 6.30. The predicted octanol–water partition coefficient (Wildman–Crippen LogP) is 2.06. The van der Waals surface area contributed by atoms with E-state index in [1.165, 1.54) is 5.57 Å². The lowest BCUT2D eigenvalue weighted by Crippen LogP contribution is -2.50. The molecule has 2 heterocycles. The molecule has 1 aromatic heterocycles. The molecule has 2 aliphatic rings. The van der Waals surface area contributed by atoms with Gasteiger partial charge in [0.2, 0.25) is 0 Å². The van der Waals surface area contributed by atoms with Crippen LogP contribution >= 0.6 is 11.6 Å². The van der Waals surface area contributed by atoms with Crippen molar-refractivity contribution in [3.63, 3.8) is 0 Å². The van der Waals surface area contributed by atoms with E-state index >= 15 is 0 Å². The number of aromatic amines is 1. The van der Waals surface area contributed by atoms with Crippen LogP contribution in [0.2, 0.25) is 0 Å². The Bertz CT molecular complexity index is 570. The standard InChI is InChI=1S/C14H18ClN5/c1-9-13-11(15)3-2-4-12(13)20-14(19-9)17-6-5-10-7-16-8-18-10/h4,7-9H,2-3,5-6H2,1H3,(H,16,18)(H2,17,19,20). The lowest BCUT2D eigenvalue weighted by Gasteiger charge is -2.32. The molecule has 0 spiro atoms. The molecule has 0 saturated carbocycles. The first kappa shape index (κ1) is 13.2. The highest BCUT2D eigenvalue weighted by Gasteiger charge is 2.26. The molecule has 5 nitrogen and oxygen atoms in total. The van der Waals surface area contributed by atoms with Crippen molar-refractivity contribution in [3.8, 4) is 0 Å². The number of nitrogens with zero attached hydrogens (tertiary/aromatic N) is 2. The van der Waals surface area contributed by atoms with E-state index in [1.807, 2.05) is 6.20 Å². The zero-order valence-corrected chi connectivity index (χ0v) is 12.2. The summed E-state index contributed by atoms with van der Waals surface area (Å²) < 4.78 is 0. The monoisotopic (exact) mass is 291 g/mol. The Labute approximate surface area is 123 Å². The zero-order valence-electron chi connectivity index (χ0n) is 11.4. The van der Waals surface area contributed by atoms with Crippen LogP contribution in [-0.2, 0) is 6.42 Å². The smallest absolute Gasteiger partial charge is 0.196 e. The maximum Gasteiger partial charge on any atom is 0.196 e. The summed E-state index contributed by atoms with van der Waals surface area (Å²) in [6.45, 7) is 2.83. The van der Waals surface area contributed by atoms with Crippen LogP contribution < -0.4 is 10.6 Å². The summed E-state index contributed by atoms with van der Waals surface area (Å²) in [5.41, 5.74) is 3.37. The Balaban J connectivity index is 1.66. The highest BCUT2D eigenvalue weighted by atomic mass is 35.5. The molecule has 106 valence electrons. The first-order chi connectivity index (χ1) is 9.74. The van der Waals surface area contributed by atoms with Crippen LogP contribution in [0.3, 0.4) is 0 Å². The average molecular weight is 292 g/mol. The number of H-pyrrole nitrogens is 1. The number of hydrogen-bond donors (Lipinski definition) is 3. The van der Waals surface area contributed by atoms with Crippen molar-refractivity contribution in [1.82, 2.24) is 20.6 Å². The lowest BCUT2D eigenvalue weighted by molar-refractivity contribution is 0.677. The fourth-order valence-electron chi connectivity index (χ4n) is 2.56. The fourth-order valence-corrected chi connectivity index (χ4v) is 2.93. The van der Waals surface area contributed by atoms with Crippen LogP contribution in [0.5, 0.6) is 0 Å². The second-order valence-electron chi connectivity index (χ2n) is 5.02. The number of aromatic nitrogens is 2. The third-order valence-corrected chi connectivity index (χ3v) is 3.93. The summed E-state index contributed by atoms with van der Waals surface area (Å²) >= 11 is 6.31. The SMILES string of the molecule is CC1NC(=NCCc2cnc[nH]2)NC2=CCCC(Cl)=C21. The second-order valence-corrected chi connectivity index (χ2v) is 5.48. The largest absolute Gasteiger partial charge is 0.349 e. The number of guanidine groups is 1. The van der Waals surface area contributed by atoms with E-state index < -0.39 is 0 Å². The molecule has 1 saturated heterocycles. The fraction of sp³-hybridized carbons (Fsp3) is 0.429. The van der Waals surface area contributed by atoms with Gasteiger partial charge in [-0.2, -0.15) is 0 Å². The summed E-state index contributed by atoms with van der Waals surface area (Å²) in [5, 5.41) is 7.63. The van der Waals surface area contributed by atoms with E-state index in [0.29, 0.717) is 6.54 Å². The number of allylic oxidation sites excluding steroid dienone is 2. The molecule has 1 aromatic rings. The van der Waals surface area contributed by atoms with Crippen LogP contribution in [0.15, 0.2) is 39.9 Å². The minimum Gasteiger partial charge on any atom is -0.349 e. The molecule has 3 rings (SSSR count). The van der Waals surface area contributed by atoms with Gasteiger partial charge in [0.25, 0.3) is 0 Å². The number of fused-ring (bicyclic) bond motifs is 1. The third kappa shape index (κ3) is 2.72. The van der Waals surface area contributed by atoms with E-state index in [2.05, 4.69) is 38.6 Å². The number of imidazole rings is 1. The maximum absolute atomic E-state index is 6.31. The predicted molar refractivity (Wildman–Crippen MR) is 80.5 cm³/mol. The van der Waals surface area contributed by atoms with Crippen molar-refractivity contribution >= 4 is 17.6 Å². The molecule has 3 N–H and O–H groups in total. The molecule has 0 aromatic carbocycles. The molecular weight excluding hydrogens is 274 g/mol. The topological polar surface area (TPSA) is 65.1 Å². The van der Waals surface area contributed by atoms with Gasteiger partial charge < -0.3 is 15.6 Å². The number of aliphatic imine (C=N–C) groups is 1. The molecule has 0 amide bonds. The van der Waals surface area contributed by atoms with Crippen molar-refractivity contribution in [3.05, 3.63) is 40.6 Å². The van der Waals surface area contributed by atoms with Gasteiger partial charge in [0.1, 0.15) is 0 Å². The van der Waals surface area contributed by atoms with Gasteiger partial charge in [-0.1, -0.05) is 17.7 Å². The Morgan fingerprint density at radius 3 is 3.20 bits per heavy atom. The van der Waals surface area contributed by atoms with Crippen molar-refractivity contribution < 1.29 is 0 Å². The first-order valence-corrected chi connectivity index (χ1v) is 7.26. The van der Waals surface area contributed by atoms with Gasteiger partial charge in [0.15, 0.2) is 5.96 Å². The normalized spacial score (nSPS) is 24.0. The van der Waals surface area contributed by atoms with Crippen LogP contribution in [0, 0.1) is 0 Å². The van der Waals surface area contributed by atoms with Crippen molar-refractivity contribution in [2.45, 2.75) is 32.2 Å². The lowest BCUT2D eigenvalue weighted by atomic mass is 9.96. The first-order valence-electron chi connectivity index (χ1n) is 6.88. The minimum absolute atomic E-state index is 0.196. The van der Waals surface area contributed by atoms with Gasteiger partial charge in [-0.25, -0.2) is 4.98 Å². The van der Waals surface area contributed by atoms with Crippen LogP contribution in [0.4, 0.5) is 0 Å². The summed E-state index contributed by atoms with van der Waals surface area (Å²) in [4.78, 5) is 11.6. The van der Waals surface area contributed by atoms with Gasteiger partial charge in [0, 0.05) is 41.2 Å². The molecular formula is C14H18ClN5. The molecule has 1 fully saturated rings. The molecule has 1 unspecified atom stereocenters. The molecule has 0 bridgehead atoms. The van der Waals surface area contributed by atoms with Gasteiger partial charge in [-0.05, 0) is 19.8 Å². The van der Waals surface area contributed by atoms with Crippen molar-refractivity contribution in [1.29, 1.82) is 0 Å². The summed E-state index contributed by atoms with van der Waals surface area (Å²) in [5.74, 6) is 0.818.